The lowest BCUT2D eigenvalue weighted by Crippen LogP contribution is -2.52. The smallest absolute Gasteiger partial charge is 0.153 e. The van der Waals surface area contributed by atoms with E-state index in [1.165, 1.54) is 17.6 Å². The number of anilines is 1. The average molecular weight is 569 g/mol. The van der Waals surface area contributed by atoms with Crippen molar-refractivity contribution in [1.29, 1.82) is 0 Å². The van der Waals surface area contributed by atoms with Crippen LogP contribution in [0.2, 0.25) is 5.02 Å². The fourth-order valence-corrected chi connectivity index (χ4v) is 6.31. The molecule has 2 aliphatic rings. The summed E-state index contributed by atoms with van der Waals surface area (Å²) < 4.78 is 6.18. The van der Waals surface area contributed by atoms with E-state index < -0.39 is 0 Å². The van der Waals surface area contributed by atoms with Gasteiger partial charge in [0.15, 0.2) is 6.29 Å². The number of rotatable bonds is 7. The fourth-order valence-electron chi connectivity index (χ4n) is 6.18. The van der Waals surface area contributed by atoms with Gasteiger partial charge in [-0.15, -0.1) is 0 Å². The maximum absolute atomic E-state index is 11.8. The van der Waals surface area contributed by atoms with Crippen LogP contribution in [0, 0.1) is 5.41 Å². The van der Waals surface area contributed by atoms with E-state index in [-0.39, 0.29) is 0 Å². The summed E-state index contributed by atoms with van der Waals surface area (Å²) in [7, 11) is 0. The Morgan fingerprint density at radius 3 is 2.73 bits per heavy atom. The number of nitrogens with zero attached hydrogens (tertiary/aromatic N) is 3. The van der Waals surface area contributed by atoms with Gasteiger partial charge in [-0.1, -0.05) is 43.2 Å². The molecule has 1 fully saturated rings. The predicted molar refractivity (Wildman–Crippen MR) is 167 cm³/mol. The van der Waals surface area contributed by atoms with Crippen LogP contribution >= 0.6 is 11.6 Å². The summed E-state index contributed by atoms with van der Waals surface area (Å²) >= 11 is 6.21. The van der Waals surface area contributed by atoms with E-state index in [0.717, 1.165) is 67.1 Å². The molecule has 1 aliphatic heterocycles. The van der Waals surface area contributed by atoms with Crippen LogP contribution in [0.3, 0.4) is 0 Å². The summed E-state index contributed by atoms with van der Waals surface area (Å²) in [4.78, 5) is 24.3. The molecule has 1 saturated heterocycles. The Hall–Kier alpha value is -3.61. The first-order chi connectivity index (χ1) is 19.8. The number of hydrogen-bond donors (Lipinski definition) is 1. The van der Waals surface area contributed by atoms with Gasteiger partial charge in [-0.3, -0.25) is 9.69 Å². The summed E-state index contributed by atoms with van der Waals surface area (Å²) in [5.74, 6) is 1.16. The van der Waals surface area contributed by atoms with Crippen molar-refractivity contribution >= 4 is 40.2 Å². The topological polar surface area (TPSA) is 61.5 Å². The number of carbonyl (C=O) groups is 1. The van der Waals surface area contributed by atoms with Crippen molar-refractivity contribution in [3.8, 4) is 11.5 Å². The minimum Gasteiger partial charge on any atom is -0.455 e. The molecular weight excluding hydrogens is 532 g/mol. The fraction of sp³-hybridized carbons (Fsp3) is 0.353. The zero-order valence-corrected chi connectivity index (χ0v) is 24.7. The average Bonchev–Trinajstić information content (AvgIpc) is 3.43. The maximum Gasteiger partial charge on any atom is 0.153 e. The second-order valence-corrected chi connectivity index (χ2v) is 12.7. The van der Waals surface area contributed by atoms with Crippen LogP contribution in [0.4, 0.5) is 5.69 Å². The van der Waals surface area contributed by atoms with Crippen LogP contribution in [0.25, 0.3) is 16.6 Å². The lowest BCUT2D eigenvalue weighted by Gasteiger charge is -2.43. The lowest BCUT2D eigenvalue weighted by molar-refractivity contribution is 0.112. The monoisotopic (exact) mass is 568 g/mol. The Bertz CT molecular complexity index is 1590. The first kappa shape index (κ1) is 27.6. The highest BCUT2D eigenvalue weighted by molar-refractivity contribution is 6.30. The van der Waals surface area contributed by atoms with Gasteiger partial charge >= 0.3 is 0 Å². The standard InChI is InChI=1S/C34H37ClN4O2/c1-23-20-39(29-9-6-27(22-40)32(17-29)41-30-16-25-11-13-36-33(25)37-19-30)15-14-38(23)21-26-10-12-34(2,3)18-31(26)24-4-7-28(35)8-5-24/h4-9,11,13,16-17,19,22-23H,10,12,14-15,18,20-21H2,1-3H3,(H,36,37)/t23-/m0/s1. The molecule has 0 bridgehead atoms. The van der Waals surface area contributed by atoms with E-state index in [4.69, 9.17) is 16.3 Å². The van der Waals surface area contributed by atoms with E-state index in [1.54, 1.807) is 11.8 Å². The number of hydrogen-bond acceptors (Lipinski definition) is 5. The maximum atomic E-state index is 11.8. The van der Waals surface area contributed by atoms with Crippen LogP contribution in [0.1, 0.15) is 56.0 Å². The van der Waals surface area contributed by atoms with Crippen molar-refractivity contribution in [3.63, 3.8) is 0 Å². The number of halogens is 1. The molecule has 0 radical (unpaired) electrons. The number of nitrogens with one attached hydrogen (secondary N) is 1. The number of carbonyl (C=O) groups excluding carboxylic acids is 1. The van der Waals surface area contributed by atoms with Crippen LogP contribution in [-0.4, -0.2) is 53.4 Å². The molecule has 6 rings (SSSR count). The molecule has 3 heterocycles. The van der Waals surface area contributed by atoms with Gasteiger partial charge in [0, 0.05) is 60.6 Å². The molecule has 2 aromatic heterocycles. The Kier molecular flexibility index (Phi) is 7.62. The minimum atomic E-state index is 0.305. The van der Waals surface area contributed by atoms with Crippen molar-refractivity contribution in [2.24, 2.45) is 5.41 Å². The zero-order valence-electron chi connectivity index (χ0n) is 24.0. The van der Waals surface area contributed by atoms with Crippen molar-refractivity contribution < 1.29 is 9.53 Å². The Morgan fingerprint density at radius 2 is 1.95 bits per heavy atom. The van der Waals surface area contributed by atoms with Gasteiger partial charge in [0.25, 0.3) is 0 Å². The summed E-state index contributed by atoms with van der Waals surface area (Å²) in [6, 6.07) is 18.5. The second-order valence-electron chi connectivity index (χ2n) is 12.2. The van der Waals surface area contributed by atoms with Crippen LogP contribution in [-0.2, 0) is 0 Å². The quantitative estimate of drug-likeness (QED) is 0.229. The summed E-state index contributed by atoms with van der Waals surface area (Å²) in [5, 5.41) is 1.75. The summed E-state index contributed by atoms with van der Waals surface area (Å²) in [6.07, 6.45) is 7.82. The second kappa shape index (κ2) is 11.3. The van der Waals surface area contributed by atoms with E-state index >= 15 is 0 Å². The molecule has 1 aliphatic carbocycles. The van der Waals surface area contributed by atoms with E-state index in [1.807, 2.05) is 48.7 Å². The van der Waals surface area contributed by atoms with Gasteiger partial charge in [0.05, 0.1) is 11.8 Å². The molecular formula is C34H37ClN4O2. The molecule has 4 aromatic rings. The third-order valence-corrected chi connectivity index (χ3v) is 8.88. The molecule has 0 amide bonds. The lowest BCUT2D eigenvalue weighted by atomic mass is 9.72. The van der Waals surface area contributed by atoms with Crippen LogP contribution < -0.4 is 9.64 Å². The molecule has 2 aromatic carbocycles. The Morgan fingerprint density at radius 1 is 1.12 bits per heavy atom. The number of aromatic amines is 1. The largest absolute Gasteiger partial charge is 0.455 e. The third-order valence-electron chi connectivity index (χ3n) is 8.63. The van der Waals surface area contributed by atoms with Crippen molar-refractivity contribution in [2.45, 2.75) is 46.1 Å². The molecule has 0 saturated carbocycles. The zero-order chi connectivity index (χ0) is 28.6. The summed E-state index contributed by atoms with van der Waals surface area (Å²) in [6.45, 7) is 10.9. The van der Waals surface area contributed by atoms with Crippen molar-refractivity contribution in [1.82, 2.24) is 14.9 Å². The first-order valence-electron chi connectivity index (χ1n) is 14.4. The number of aldehydes is 1. The van der Waals surface area contributed by atoms with Gasteiger partial charge in [0.2, 0.25) is 0 Å². The van der Waals surface area contributed by atoms with Crippen molar-refractivity contribution in [3.05, 3.63) is 88.7 Å². The number of H-pyrrole nitrogens is 1. The normalized spacial score (nSPS) is 19.5. The molecule has 41 heavy (non-hydrogen) atoms. The third kappa shape index (κ3) is 6.04. The highest BCUT2D eigenvalue weighted by Gasteiger charge is 2.31. The van der Waals surface area contributed by atoms with E-state index in [0.29, 0.717) is 28.5 Å². The highest BCUT2D eigenvalue weighted by atomic mass is 35.5. The van der Waals surface area contributed by atoms with E-state index in [9.17, 15) is 4.79 Å². The van der Waals surface area contributed by atoms with Gasteiger partial charge in [0.1, 0.15) is 17.1 Å². The van der Waals surface area contributed by atoms with Crippen LogP contribution in [0.5, 0.6) is 11.5 Å². The van der Waals surface area contributed by atoms with Gasteiger partial charge in [-0.25, -0.2) is 4.98 Å². The molecule has 6 nitrogen and oxygen atoms in total. The molecule has 1 N–H and O–H groups in total. The van der Waals surface area contributed by atoms with Crippen LogP contribution in [0.15, 0.2) is 72.6 Å². The molecule has 0 spiro atoms. The first-order valence-corrected chi connectivity index (χ1v) is 14.8. The highest BCUT2D eigenvalue weighted by Crippen LogP contribution is 2.43. The Balaban J connectivity index is 1.18. The molecule has 212 valence electrons. The number of pyridine rings is 1. The number of ether oxygens (including phenoxy) is 1. The number of fused-ring (bicyclic) bond motifs is 1. The number of allylic oxidation sites excluding steroid dienone is 1. The predicted octanol–water partition coefficient (Wildman–Crippen LogP) is 8.00. The Labute approximate surface area is 247 Å². The van der Waals surface area contributed by atoms with Gasteiger partial charge in [-0.2, -0.15) is 0 Å². The number of piperazine rings is 1. The molecule has 7 heteroatoms. The molecule has 1 atom stereocenters. The van der Waals surface area contributed by atoms with Gasteiger partial charge < -0.3 is 14.6 Å². The molecule has 0 unspecified atom stereocenters. The van der Waals surface area contributed by atoms with E-state index in [2.05, 4.69) is 52.7 Å². The van der Waals surface area contributed by atoms with Gasteiger partial charge in [-0.05, 0) is 79.1 Å². The number of benzene rings is 2. The SMILES string of the molecule is C[C@H]1CN(c2ccc(C=O)c(Oc3cnc4[nH]ccc4c3)c2)CCN1CC1=C(c2ccc(Cl)cc2)CC(C)(C)CC1. The number of aromatic nitrogens is 2. The van der Waals surface area contributed by atoms with Crippen molar-refractivity contribution in [2.75, 3.05) is 31.1 Å². The summed E-state index contributed by atoms with van der Waals surface area (Å²) in [5.41, 5.74) is 7.06. The minimum absolute atomic E-state index is 0.305.